The SMILES string of the molecule is F[As](F)(F)(F)F.[F-].c1ccc([S+](c2ccccc2)c2ccccc2)cc1. The Hall–Kier alpha value is -1.85. The van der Waals surface area contributed by atoms with Crippen molar-refractivity contribution in [3.63, 3.8) is 0 Å². The largest absolute Gasteiger partial charge is 1.00 e. The molecule has 0 aliphatic rings. The molecule has 0 aliphatic carbocycles. The van der Waals surface area contributed by atoms with E-state index in [4.69, 9.17) is 0 Å². The van der Waals surface area contributed by atoms with Crippen molar-refractivity contribution in [2.75, 3.05) is 0 Å². The molecule has 0 nitrogen and oxygen atoms in total. The minimum absolute atomic E-state index is 0. The summed E-state index contributed by atoms with van der Waals surface area (Å²) in [6.45, 7) is 0. The van der Waals surface area contributed by atoms with Crippen molar-refractivity contribution >= 4 is 25.7 Å². The summed E-state index contributed by atoms with van der Waals surface area (Å²) >= 11 is -8.99. The molecule has 140 valence electrons. The molecule has 8 heteroatoms. The second kappa shape index (κ2) is 9.19. The van der Waals surface area contributed by atoms with E-state index in [0.29, 0.717) is 0 Å². The van der Waals surface area contributed by atoms with Gasteiger partial charge in [0, 0.05) is 0 Å². The number of hydrogen-bond acceptors (Lipinski definition) is 0. The topological polar surface area (TPSA) is 0 Å². The maximum atomic E-state index is 9.89. The molecular formula is C18H15AsF6S. The number of hydrogen-bond donors (Lipinski definition) is 0. The van der Waals surface area contributed by atoms with Gasteiger partial charge >= 0.3 is 32.1 Å². The normalized spacial score (nSPS) is 12.2. The van der Waals surface area contributed by atoms with Crippen LogP contribution in [-0.4, -0.2) is 14.8 Å². The third-order valence-electron chi connectivity index (χ3n) is 2.94. The zero-order valence-electron chi connectivity index (χ0n) is 13.3. The van der Waals surface area contributed by atoms with Crippen molar-refractivity contribution < 1.29 is 22.0 Å². The number of halogens is 6. The van der Waals surface area contributed by atoms with Crippen molar-refractivity contribution in [1.82, 2.24) is 0 Å². The molecule has 0 N–H and O–H groups in total. The molecule has 0 bridgehead atoms. The van der Waals surface area contributed by atoms with Crippen LogP contribution in [0.2, 0.25) is 0 Å². The third-order valence-corrected chi connectivity index (χ3v) is 5.17. The smallest absolute Gasteiger partial charge is 0.166 e. The van der Waals surface area contributed by atoms with Crippen LogP contribution in [0.25, 0.3) is 0 Å². The molecule has 3 aromatic carbocycles. The summed E-state index contributed by atoms with van der Waals surface area (Å²) < 4.78 is 49.4. The molecule has 0 saturated heterocycles. The summed E-state index contributed by atoms with van der Waals surface area (Å²) in [6, 6.07) is 32.2. The van der Waals surface area contributed by atoms with E-state index in [0.717, 1.165) is 0 Å². The molecule has 3 rings (SSSR count). The molecule has 0 unspecified atom stereocenters. The fourth-order valence-electron chi connectivity index (χ4n) is 2.08. The van der Waals surface area contributed by atoms with Crippen LogP contribution in [0, 0.1) is 0 Å². The van der Waals surface area contributed by atoms with Crippen LogP contribution in [0.5, 0.6) is 0 Å². The molecule has 0 radical (unpaired) electrons. The quantitative estimate of drug-likeness (QED) is 0.324. The Morgan fingerprint density at radius 2 is 0.654 bits per heavy atom. The Labute approximate surface area is 153 Å². The monoisotopic (exact) mass is 452 g/mol. The van der Waals surface area contributed by atoms with Gasteiger partial charge in [-0.1, -0.05) is 54.6 Å². The van der Waals surface area contributed by atoms with Gasteiger partial charge in [-0.2, -0.15) is 0 Å². The van der Waals surface area contributed by atoms with E-state index in [1.807, 2.05) is 0 Å². The Morgan fingerprint density at radius 3 is 0.846 bits per heavy atom. The van der Waals surface area contributed by atoms with Crippen LogP contribution < -0.4 is 4.70 Å². The van der Waals surface area contributed by atoms with E-state index in [2.05, 4.69) is 91.0 Å². The summed E-state index contributed by atoms with van der Waals surface area (Å²) in [5, 5.41) is 0. The zero-order chi connectivity index (χ0) is 18.4. The number of benzene rings is 3. The zero-order valence-corrected chi connectivity index (χ0v) is 16.0. The molecule has 0 spiro atoms. The fraction of sp³-hybridized carbons (Fsp3) is 0. The number of rotatable bonds is 3. The van der Waals surface area contributed by atoms with E-state index in [1.54, 1.807) is 0 Å². The second-order valence-electron chi connectivity index (χ2n) is 4.88. The Morgan fingerprint density at radius 1 is 0.462 bits per heavy atom. The molecular weight excluding hydrogens is 437 g/mol. The van der Waals surface area contributed by atoms with Gasteiger partial charge in [-0.3, -0.25) is 0 Å². The van der Waals surface area contributed by atoms with E-state index >= 15 is 0 Å². The molecule has 0 fully saturated rings. The van der Waals surface area contributed by atoms with Gasteiger partial charge in [0.2, 0.25) is 0 Å². The predicted octanol–water partition coefficient (Wildman–Crippen LogP) is 3.51. The predicted molar refractivity (Wildman–Crippen MR) is 92.8 cm³/mol. The summed E-state index contributed by atoms with van der Waals surface area (Å²) in [5.74, 6) is 0. The van der Waals surface area contributed by atoms with Crippen LogP contribution >= 0.6 is 0 Å². The van der Waals surface area contributed by atoms with E-state index in [1.165, 1.54) is 14.7 Å². The summed E-state index contributed by atoms with van der Waals surface area (Å²) in [6.07, 6.45) is 0. The summed E-state index contributed by atoms with van der Waals surface area (Å²) in [5.41, 5.74) is 0. The van der Waals surface area contributed by atoms with Crippen molar-refractivity contribution in [2.24, 2.45) is 0 Å². The van der Waals surface area contributed by atoms with Gasteiger partial charge in [0.05, 0.1) is 10.9 Å². The van der Waals surface area contributed by atoms with Gasteiger partial charge in [0.1, 0.15) is 0 Å². The average Bonchev–Trinajstić information content (AvgIpc) is 2.56. The third kappa shape index (κ3) is 8.49. The van der Waals surface area contributed by atoms with Gasteiger partial charge < -0.3 is 4.70 Å². The Balaban J connectivity index is 0.000000422. The van der Waals surface area contributed by atoms with Gasteiger partial charge in [0.25, 0.3) is 0 Å². The minimum atomic E-state index is -8.99. The van der Waals surface area contributed by atoms with Crippen LogP contribution in [0.15, 0.2) is 106 Å². The molecule has 0 aromatic heterocycles. The first-order chi connectivity index (χ1) is 11.7. The van der Waals surface area contributed by atoms with Crippen LogP contribution in [-0.2, 0) is 10.9 Å². The van der Waals surface area contributed by atoms with Gasteiger partial charge in [-0.25, -0.2) is 0 Å². The molecule has 3 aromatic rings. The first-order valence-electron chi connectivity index (χ1n) is 7.19. The van der Waals surface area contributed by atoms with Crippen LogP contribution in [0.3, 0.4) is 0 Å². The van der Waals surface area contributed by atoms with Gasteiger partial charge in [0.15, 0.2) is 14.7 Å². The maximum Gasteiger partial charge on any atom is 0.166 e. The Bertz CT molecular complexity index is 665. The van der Waals surface area contributed by atoms with Crippen LogP contribution in [0.1, 0.15) is 0 Å². The Kier molecular flexibility index (Phi) is 7.84. The molecule has 0 atom stereocenters. The molecule has 0 amide bonds. The maximum absolute atomic E-state index is 9.89. The molecule has 26 heavy (non-hydrogen) atoms. The van der Waals surface area contributed by atoms with Gasteiger partial charge in [-0.15, -0.1) is 0 Å². The molecule has 0 heterocycles. The van der Waals surface area contributed by atoms with Crippen molar-refractivity contribution in [3.8, 4) is 0 Å². The van der Waals surface area contributed by atoms with E-state index in [9.17, 15) is 17.3 Å². The summed E-state index contributed by atoms with van der Waals surface area (Å²) in [7, 11) is -0.0146. The molecule has 0 aliphatic heterocycles. The fourth-order valence-corrected chi connectivity index (χ4v) is 4.18. The van der Waals surface area contributed by atoms with Crippen molar-refractivity contribution in [2.45, 2.75) is 14.7 Å². The first-order valence-corrected chi connectivity index (χ1v) is 12.0. The van der Waals surface area contributed by atoms with E-state index in [-0.39, 0.29) is 15.6 Å². The summed E-state index contributed by atoms with van der Waals surface area (Å²) in [4.78, 5) is 4.08. The molecule has 0 saturated carbocycles. The second-order valence-corrected chi connectivity index (χ2v) is 9.59. The average molecular weight is 452 g/mol. The van der Waals surface area contributed by atoms with Gasteiger partial charge in [-0.05, 0) is 36.4 Å². The minimum Gasteiger partial charge on any atom is -1.00 e. The first kappa shape index (κ1) is 22.2. The van der Waals surface area contributed by atoms with Crippen molar-refractivity contribution in [1.29, 1.82) is 0 Å². The van der Waals surface area contributed by atoms with Crippen LogP contribution in [0.4, 0.5) is 17.3 Å². The van der Waals surface area contributed by atoms with Crippen molar-refractivity contribution in [3.05, 3.63) is 91.0 Å². The van der Waals surface area contributed by atoms with E-state index < -0.39 is 14.8 Å². The standard InChI is InChI=1S/C18H15S.AsF5.FH/c1-4-10-16(11-5-1)19(17-12-6-2-7-13-17)18-14-8-3-9-15-18;2-1(3,4,5)6;/h1-15H;;1H/q+1;;/p-1.